The fraction of sp³-hybridized carbons (Fsp3) is 0.125. The van der Waals surface area contributed by atoms with Crippen molar-refractivity contribution < 1.29 is 22.7 Å². The van der Waals surface area contributed by atoms with Gasteiger partial charge in [0.25, 0.3) is 10.2 Å². The molecule has 16 heavy (non-hydrogen) atoms. The Labute approximate surface area is 91.3 Å². The van der Waals surface area contributed by atoms with Crippen molar-refractivity contribution in [3.63, 3.8) is 0 Å². The summed E-state index contributed by atoms with van der Waals surface area (Å²) in [6.07, 6.45) is 0. The summed E-state index contributed by atoms with van der Waals surface area (Å²) in [6.45, 7) is 0. The van der Waals surface area contributed by atoms with Crippen molar-refractivity contribution in [2.75, 3.05) is 11.8 Å². The number of rotatable bonds is 4. The molecular formula is C8H9FN2O4S. The van der Waals surface area contributed by atoms with Gasteiger partial charge in [-0.3, -0.25) is 4.72 Å². The minimum absolute atomic E-state index is 0.205. The van der Waals surface area contributed by atoms with Crippen LogP contribution in [0.3, 0.4) is 0 Å². The van der Waals surface area contributed by atoms with E-state index in [9.17, 15) is 17.6 Å². The molecule has 1 rings (SSSR count). The first kappa shape index (κ1) is 12.4. The highest BCUT2D eigenvalue weighted by atomic mass is 32.2. The van der Waals surface area contributed by atoms with E-state index in [1.807, 2.05) is 9.44 Å². The maximum Gasteiger partial charge on any atom is 0.337 e. The van der Waals surface area contributed by atoms with Crippen LogP contribution in [-0.2, 0) is 10.2 Å². The topological polar surface area (TPSA) is 95.5 Å². The summed E-state index contributed by atoms with van der Waals surface area (Å²) in [4.78, 5) is 10.7. The van der Waals surface area contributed by atoms with Gasteiger partial charge in [-0.1, -0.05) is 0 Å². The first-order valence-electron chi connectivity index (χ1n) is 4.10. The van der Waals surface area contributed by atoms with Gasteiger partial charge in [0.1, 0.15) is 5.82 Å². The minimum Gasteiger partial charge on any atom is -0.478 e. The molecule has 0 bridgehead atoms. The molecular weight excluding hydrogens is 239 g/mol. The average Bonchev–Trinajstić information content (AvgIpc) is 2.20. The van der Waals surface area contributed by atoms with Crippen molar-refractivity contribution in [3.8, 4) is 0 Å². The number of benzene rings is 1. The monoisotopic (exact) mass is 248 g/mol. The van der Waals surface area contributed by atoms with Gasteiger partial charge in [0.15, 0.2) is 0 Å². The van der Waals surface area contributed by atoms with E-state index in [0.29, 0.717) is 0 Å². The summed E-state index contributed by atoms with van der Waals surface area (Å²) in [5, 5.41) is 8.74. The molecule has 8 heteroatoms. The highest BCUT2D eigenvalue weighted by Gasteiger charge is 2.15. The normalized spacial score (nSPS) is 11.1. The van der Waals surface area contributed by atoms with Crippen LogP contribution in [0, 0.1) is 5.82 Å². The smallest absolute Gasteiger partial charge is 0.337 e. The van der Waals surface area contributed by atoms with Crippen molar-refractivity contribution >= 4 is 21.9 Å². The van der Waals surface area contributed by atoms with Crippen molar-refractivity contribution in [2.45, 2.75) is 0 Å². The quantitative estimate of drug-likeness (QED) is 0.718. The van der Waals surface area contributed by atoms with Crippen molar-refractivity contribution in [1.29, 1.82) is 0 Å². The molecule has 0 aliphatic rings. The van der Waals surface area contributed by atoms with E-state index in [1.54, 1.807) is 0 Å². The van der Waals surface area contributed by atoms with Gasteiger partial charge in [-0.15, -0.1) is 0 Å². The summed E-state index contributed by atoms with van der Waals surface area (Å²) < 4.78 is 38.9. The maximum atomic E-state index is 12.8. The lowest BCUT2D eigenvalue weighted by Crippen LogP contribution is -2.27. The van der Waals surface area contributed by atoms with Gasteiger partial charge in [0.05, 0.1) is 11.3 Å². The summed E-state index contributed by atoms with van der Waals surface area (Å²) in [5.74, 6) is -2.18. The Hall–Kier alpha value is -1.67. The Kier molecular flexibility index (Phi) is 3.45. The Morgan fingerprint density at radius 3 is 2.56 bits per heavy atom. The number of nitrogens with one attached hydrogen (secondary N) is 2. The molecule has 3 N–H and O–H groups in total. The number of carbonyl (C=O) groups is 1. The Balaban J connectivity index is 3.19. The van der Waals surface area contributed by atoms with Gasteiger partial charge in [-0.25, -0.2) is 13.9 Å². The highest BCUT2D eigenvalue weighted by molar-refractivity contribution is 7.90. The van der Waals surface area contributed by atoms with Crippen LogP contribution in [0.25, 0.3) is 0 Å². The summed E-state index contributed by atoms with van der Waals surface area (Å²) in [6, 6.07) is 2.73. The standard InChI is InChI=1S/C8H9FN2O4S/c1-10-16(14,15)11-7-3-2-5(9)4-6(7)8(12)13/h2-4,10-11H,1H3,(H,12,13). The van der Waals surface area contributed by atoms with E-state index in [2.05, 4.69) is 0 Å². The molecule has 0 radical (unpaired) electrons. The van der Waals surface area contributed by atoms with Gasteiger partial charge in [-0.2, -0.15) is 8.42 Å². The average molecular weight is 248 g/mol. The summed E-state index contributed by atoms with van der Waals surface area (Å²) in [5.41, 5.74) is -0.665. The Morgan fingerprint density at radius 1 is 1.44 bits per heavy atom. The molecule has 0 saturated heterocycles. The molecule has 0 fully saturated rings. The number of hydrogen-bond acceptors (Lipinski definition) is 3. The second-order valence-corrected chi connectivity index (χ2v) is 4.42. The lowest BCUT2D eigenvalue weighted by molar-refractivity contribution is 0.0697. The van der Waals surface area contributed by atoms with E-state index in [1.165, 1.54) is 0 Å². The van der Waals surface area contributed by atoms with Gasteiger partial charge >= 0.3 is 5.97 Å². The predicted octanol–water partition coefficient (Wildman–Crippen LogP) is 0.400. The third kappa shape index (κ3) is 2.91. The zero-order valence-corrected chi connectivity index (χ0v) is 9.01. The van der Waals surface area contributed by atoms with Crippen LogP contribution in [0.15, 0.2) is 18.2 Å². The van der Waals surface area contributed by atoms with Gasteiger partial charge in [0.2, 0.25) is 0 Å². The molecule has 0 aliphatic heterocycles. The van der Waals surface area contributed by atoms with Gasteiger partial charge in [-0.05, 0) is 18.2 Å². The number of halogens is 1. The fourth-order valence-electron chi connectivity index (χ4n) is 0.978. The zero-order valence-electron chi connectivity index (χ0n) is 8.19. The van der Waals surface area contributed by atoms with Gasteiger partial charge < -0.3 is 5.11 Å². The zero-order chi connectivity index (χ0) is 12.3. The number of carboxylic acids is 1. The molecule has 0 aromatic heterocycles. The SMILES string of the molecule is CNS(=O)(=O)Nc1ccc(F)cc1C(=O)O. The van der Waals surface area contributed by atoms with E-state index in [-0.39, 0.29) is 5.69 Å². The summed E-state index contributed by atoms with van der Waals surface area (Å²) in [7, 11) is -2.67. The van der Waals surface area contributed by atoms with Crippen LogP contribution in [0.1, 0.15) is 10.4 Å². The third-order valence-electron chi connectivity index (χ3n) is 1.73. The molecule has 6 nitrogen and oxygen atoms in total. The second-order valence-electron chi connectivity index (χ2n) is 2.80. The number of anilines is 1. The van der Waals surface area contributed by atoms with Crippen LogP contribution in [-0.4, -0.2) is 26.5 Å². The number of aromatic carboxylic acids is 1. The molecule has 0 spiro atoms. The molecule has 0 saturated carbocycles. The fourth-order valence-corrected chi connectivity index (χ4v) is 1.55. The van der Waals surface area contributed by atoms with Crippen LogP contribution in [0.2, 0.25) is 0 Å². The molecule has 1 aromatic carbocycles. The van der Waals surface area contributed by atoms with E-state index < -0.39 is 27.6 Å². The Bertz CT molecular complexity index is 515. The lowest BCUT2D eigenvalue weighted by Gasteiger charge is -2.09. The number of hydrogen-bond donors (Lipinski definition) is 3. The van der Waals surface area contributed by atoms with Crippen LogP contribution in [0.5, 0.6) is 0 Å². The van der Waals surface area contributed by atoms with E-state index >= 15 is 0 Å². The maximum absolute atomic E-state index is 12.8. The highest BCUT2D eigenvalue weighted by Crippen LogP contribution is 2.17. The first-order chi connectivity index (χ1) is 7.35. The van der Waals surface area contributed by atoms with Crippen molar-refractivity contribution in [1.82, 2.24) is 4.72 Å². The summed E-state index contributed by atoms with van der Waals surface area (Å²) >= 11 is 0. The molecule has 0 amide bonds. The van der Waals surface area contributed by atoms with Crippen LogP contribution in [0.4, 0.5) is 10.1 Å². The van der Waals surface area contributed by atoms with E-state index in [0.717, 1.165) is 25.2 Å². The van der Waals surface area contributed by atoms with Crippen LogP contribution >= 0.6 is 0 Å². The van der Waals surface area contributed by atoms with Crippen LogP contribution < -0.4 is 9.44 Å². The van der Waals surface area contributed by atoms with Gasteiger partial charge in [0, 0.05) is 7.05 Å². The third-order valence-corrected chi connectivity index (χ3v) is 2.75. The molecule has 88 valence electrons. The molecule has 0 atom stereocenters. The minimum atomic E-state index is -3.83. The first-order valence-corrected chi connectivity index (χ1v) is 5.58. The number of carboxylic acid groups (broad SMARTS) is 1. The molecule has 0 unspecified atom stereocenters. The second kappa shape index (κ2) is 4.45. The molecule has 0 aliphatic carbocycles. The largest absolute Gasteiger partial charge is 0.478 e. The van der Waals surface area contributed by atoms with Crippen molar-refractivity contribution in [2.24, 2.45) is 0 Å². The van der Waals surface area contributed by atoms with E-state index in [4.69, 9.17) is 5.11 Å². The molecule has 1 aromatic rings. The van der Waals surface area contributed by atoms with Crippen molar-refractivity contribution in [3.05, 3.63) is 29.6 Å². The lowest BCUT2D eigenvalue weighted by atomic mass is 10.2. The molecule has 0 heterocycles. The Morgan fingerprint density at radius 2 is 2.06 bits per heavy atom. The predicted molar refractivity (Wildman–Crippen MR) is 55.0 cm³/mol.